The number of benzene rings is 1. The van der Waals surface area contributed by atoms with Crippen molar-refractivity contribution in [2.45, 2.75) is 20.3 Å². The maximum atomic E-state index is 4.50. The summed E-state index contributed by atoms with van der Waals surface area (Å²) in [4.78, 5) is 7.80. The van der Waals surface area contributed by atoms with Gasteiger partial charge in [0.1, 0.15) is 5.82 Å². The van der Waals surface area contributed by atoms with E-state index in [0.29, 0.717) is 5.92 Å². The van der Waals surface area contributed by atoms with Gasteiger partial charge in [-0.05, 0) is 30.5 Å². The summed E-state index contributed by atoms with van der Waals surface area (Å²) in [6, 6.07) is 6.09. The molecule has 2 aromatic rings. The number of aromatic nitrogens is 2. The standard InChI is InChI=1S/C12H14BrN2/c1-8(2)3-6-12-14-10-5-4-9(13)7-11(10)15-12/h4-8H,3H2,1-2H3,(H,14,15). The van der Waals surface area contributed by atoms with Gasteiger partial charge in [-0.15, -0.1) is 0 Å². The van der Waals surface area contributed by atoms with Gasteiger partial charge in [-0.1, -0.05) is 29.8 Å². The van der Waals surface area contributed by atoms with Crippen LogP contribution in [0.4, 0.5) is 0 Å². The molecule has 0 aliphatic heterocycles. The number of halogens is 1. The van der Waals surface area contributed by atoms with Crippen LogP contribution < -0.4 is 0 Å². The van der Waals surface area contributed by atoms with Gasteiger partial charge in [-0.25, -0.2) is 4.98 Å². The van der Waals surface area contributed by atoms with Gasteiger partial charge in [0.15, 0.2) is 0 Å². The number of H-pyrrole nitrogens is 1. The van der Waals surface area contributed by atoms with Crippen LogP contribution in [-0.2, 0) is 0 Å². The van der Waals surface area contributed by atoms with Crippen molar-refractivity contribution in [3.8, 4) is 0 Å². The topological polar surface area (TPSA) is 28.7 Å². The molecule has 2 nitrogen and oxygen atoms in total. The summed E-state index contributed by atoms with van der Waals surface area (Å²) in [5.41, 5.74) is 2.10. The first kappa shape index (κ1) is 10.7. The molecule has 0 amide bonds. The van der Waals surface area contributed by atoms with Gasteiger partial charge < -0.3 is 4.98 Å². The van der Waals surface area contributed by atoms with E-state index in [9.17, 15) is 0 Å². The third kappa shape index (κ3) is 2.59. The number of rotatable bonds is 3. The van der Waals surface area contributed by atoms with Crippen molar-refractivity contribution in [2.24, 2.45) is 5.92 Å². The van der Waals surface area contributed by atoms with Gasteiger partial charge in [0.25, 0.3) is 0 Å². The molecule has 0 fully saturated rings. The van der Waals surface area contributed by atoms with E-state index in [2.05, 4.69) is 46.2 Å². The molecule has 0 atom stereocenters. The van der Waals surface area contributed by atoms with E-state index < -0.39 is 0 Å². The lowest BCUT2D eigenvalue weighted by molar-refractivity contribution is 0.639. The number of hydrogen-bond acceptors (Lipinski definition) is 1. The molecule has 1 radical (unpaired) electrons. The fraction of sp³-hybridized carbons (Fsp3) is 0.333. The lowest BCUT2D eigenvalue weighted by Crippen LogP contribution is -1.90. The summed E-state index contributed by atoms with van der Waals surface area (Å²) in [6.07, 6.45) is 3.21. The van der Waals surface area contributed by atoms with Crippen LogP contribution in [0, 0.1) is 12.3 Å². The summed E-state index contributed by atoms with van der Waals surface area (Å²) in [7, 11) is 0. The van der Waals surface area contributed by atoms with E-state index in [0.717, 1.165) is 27.8 Å². The van der Waals surface area contributed by atoms with Crippen molar-refractivity contribution in [1.29, 1.82) is 0 Å². The summed E-state index contributed by atoms with van der Waals surface area (Å²) in [5.74, 6) is 1.64. The number of fused-ring (bicyclic) bond motifs is 1. The quantitative estimate of drug-likeness (QED) is 0.896. The third-order valence-corrected chi connectivity index (χ3v) is 2.74. The minimum Gasteiger partial charge on any atom is -0.342 e. The molecule has 1 heterocycles. The molecule has 2 rings (SSSR count). The Kier molecular flexibility index (Phi) is 3.10. The highest BCUT2D eigenvalue weighted by molar-refractivity contribution is 9.10. The van der Waals surface area contributed by atoms with Gasteiger partial charge in [0.05, 0.1) is 11.0 Å². The van der Waals surface area contributed by atoms with E-state index in [4.69, 9.17) is 0 Å². The Morgan fingerprint density at radius 3 is 3.00 bits per heavy atom. The molecule has 1 aromatic carbocycles. The lowest BCUT2D eigenvalue weighted by Gasteiger charge is -1.99. The second-order valence-corrected chi connectivity index (χ2v) is 5.03. The Labute approximate surface area is 98.2 Å². The summed E-state index contributed by atoms with van der Waals surface area (Å²) < 4.78 is 1.07. The van der Waals surface area contributed by atoms with Crippen LogP contribution in [-0.4, -0.2) is 9.97 Å². The number of imidazole rings is 1. The van der Waals surface area contributed by atoms with E-state index in [1.54, 1.807) is 0 Å². The SMILES string of the molecule is CC(C)C[CH]c1nc2cc(Br)ccc2[nH]1. The minimum atomic E-state index is 0.671. The lowest BCUT2D eigenvalue weighted by atomic mass is 10.1. The van der Waals surface area contributed by atoms with Crippen LogP contribution in [0.15, 0.2) is 22.7 Å². The zero-order valence-corrected chi connectivity index (χ0v) is 10.5. The first-order valence-corrected chi connectivity index (χ1v) is 5.93. The highest BCUT2D eigenvalue weighted by Crippen LogP contribution is 2.19. The largest absolute Gasteiger partial charge is 0.342 e. The highest BCUT2D eigenvalue weighted by atomic mass is 79.9. The summed E-state index contributed by atoms with van der Waals surface area (Å²) in [6.45, 7) is 4.41. The molecule has 1 N–H and O–H groups in total. The first-order valence-electron chi connectivity index (χ1n) is 5.13. The van der Waals surface area contributed by atoms with Crippen molar-refractivity contribution in [3.05, 3.63) is 34.9 Å². The van der Waals surface area contributed by atoms with E-state index in [1.807, 2.05) is 18.2 Å². The van der Waals surface area contributed by atoms with Crippen LogP contribution in [0.3, 0.4) is 0 Å². The molecular weight excluding hydrogens is 252 g/mol. The zero-order chi connectivity index (χ0) is 10.8. The van der Waals surface area contributed by atoms with E-state index >= 15 is 0 Å². The van der Waals surface area contributed by atoms with Crippen LogP contribution >= 0.6 is 15.9 Å². The van der Waals surface area contributed by atoms with Gasteiger partial charge in [0, 0.05) is 10.9 Å². The van der Waals surface area contributed by atoms with E-state index in [1.165, 1.54) is 0 Å². The van der Waals surface area contributed by atoms with Crippen molar-refractivity contribution < 1.29 is 0 Å². The average molecular weight is 266 g/mol. The molecule has 0 aliphatic rings. The Morgan fingerprint density at radius 2 is 2.27 bits per heavy atom. The highest BCUT2D eigenvalue weighted by Gasteiger charge is 2.04. The first-order chi connectivity index (χ1) is 7.15. The molecule has 0 bridgehead atoms. The minimum absolute atomic E-state index is 0.671. The summed E-state index contributed by atoms with van der Waals surface area (Å²) >= 11 is 3.44. The Bertz CT molecular complexity index is 460. The Morgan fingerprint density at radius 1 is 1.47 bits per heavy atom. The van der Waals surface area contributed by atoms with Crippen LogP contribution in [0.25, 0.3) is 11.0 Å². The predicted octanol–water partition coefficient (Wildman–Crippen LogP) is 3.92. The Balaban J connectivity index is 2.23. The normalized spacial score (nSPS) is 11.5. The zero-order valence-electron chi connectivity index (χ0n) is 8.92. The molecule has 1 aromatic heterocycles. The molecule has 0 spiro atoms. The van der Waals surface area contributed by atoms with Crippen LogP contribution in [0.2, 0.25) is 0 Å². The smallest absolute Gasteiger partial charge is 0.111 e. The van der Waals surface area contributed by atoms with Gasteiger partial charge in [-0.3, -0.25) is 0 Å². The monoisotopic (exact) mass is 265 g/mol. The Hall–Kier alpha value is -0.830. The number of aromatic amines is 1. The second kappa shape index (κ2) is 4.35. The van der Waals surface area contributed by atoms with Crippen molar-refractivity contribution >= 4 is 27.0 Å². The fourth-order valence-electron chi connectivity index (χ4n) is 1.44. The molecule has 0 saturated heterocycles. The molecular formula is C12H14BrN2. The predicted molar refractivity (Wildman–Crippen MR) is 66.7 cm³/mol. The van der Waals surface area contributed by atoms with E-state index in [-0.39, 0.29) is 0 Å². The van der Waals surface area contributed by atoms with Crippen LogP contribution in [0.1, 0.15) is 26.1 Å². The maximum Gasteiger partial charge on any atom is 0.111 e. The van der Waals surface area contributed by atoms with Gasteiger partial charge >= 0.3 is 0 Å². The maximum absolute atomic E-state index is 4.50. The summed E-state index contributed by atoms with van der Waals surface area (Å²) in [5, 5.41) is 0. The van der Waals surface area contributed by atoms with Gasteiger partial charge in [-0.2, -0.15) is 0 Å². The molecule has 0 saturated carbocycles. The molecule has 3 heteroatoms. The average Bonchev–Trinajstić information content (AvgIpc) is 2.56. The number of hydrogen-bond donors (Lipinski definition) is 1. The second-order valence-electron chi connectivity index (χ2n) is 4.12. The molecule has 0 aliphatic carbocycles. The molecule has 15 heavy (non-hydrogen) atoms. The van der Waals surface area contributed by atoms with Gasteiger partial charge in [0.2, 0.25) is 0 Å². The van der Waals surface area contributed by atoms with Crippen molar-refractivity contribution in [1.82, 2.24) is 9.97 Å². The number of nitrogens with zero attached hydrogens (tertiary/aromatic N) is 1. The molecule has 79 valence electrons. The van der Waals surface area contributed by atoms with Crippen LogP contribution in [0.5, 0.6) is 0 Å². The fourth-order valence-corrected chi connectivity index (χ4v) is 1.79. The van der Waals surface area contributed by atoms with Crippen molar-refractivity contribution in [3.63, 3.8) is 0 Å². The number of nitrogens with one attached hydrogen (secondary N) is 1. The molecule has 0 unspecified atom stereocenters. The third-order valence-electron chi connectivity index (χ3n) is 2.25. The van der Waals surface area contributed by atoms with Crippen molar-refractivity contribution in [2.75, 3.05) is 0 Å².